The zero-order valence-corrected chi connectivity index (χ0v) is 11.6. The van der Waals surface area contributed by atoms with Crippen molar-refractivity contribution in [3.05, 3.63) is 58.9 Å². The average Bonchev–Trinajstić information content (AvgIpc) is 2.86. The molecule has 0 radical (unpaired) electrons. The van der Waals surface area contributed by atoms with Crippen LogP contribution in [0.3, 0.4) is 0 Å². The summed E-state index contributed by atoms with van der Waals surface area (Å²) in [6.45, 7) is 2.03. The standard InChI is InChI=1S/C17H18N2O/c1-12-4-2-5-13(8-12)9-17(20)19-15-10-14-6-3-7-16(14)18-11-15/h2,4-5,8,10-11H,3,6-7,9H2,1H3,(H,19,20). The third-order valence-electron chi connectivity index (χ3n) is 3.65. The summed E-state index contributed by atoms with van der Waals surface area (Å²) in [5.41, 5.74) is 5.48. The Kier molecular flexibility index (Phi) is 3.50. The highest BCUT2D eigenvalue weighted by Crippen LogP contribution is 2.22. The molecule has 3 nitrogen and oxygen atoms in total. The summed E-state index contributed by atoms with van der Waals surface area (Å²) in [4.78, 5) is 16.5. The number of nitrogens with zero attached hydrogens (tertiary/aromatic N) is 1. The third kappa shape index (κ3) is 2.87. The van der Waals surface area contributed by atoms with Gasteiger partial charge >= 0.3 is 0 Å². The second-order valence-electron chi connectivity index (χ2n) is 5.40. The molecule has 20 heavy (non-hydrogen) atoms. The van der Waals surface area contributed by atoms with Crippen LogP contribution in [0.5, 0.6) is 0 Å². The normalized spacial score (nSPS) is 13.1. The van der Waals surface area contributed by atoms with E-state index in [0.717, 1.165) is 24.1 Å². The van der Waals surface area contributed by atoms with Crippen LogP contribution in [-0.2, 0) is 24.1 Å². The molecule has 3 heteroatoms. The smallest absolute Gasteiger partial charge is 0.228 e. The maximum atomic E-state index is 12.1. The molecule has 0 aliphatic heterocycles. The summed E-state index contributed by atoms with van der Waals surface area (Å²) in [7, 11) is 0. The molecule has 0 bridgehead atoms. The van der Waals surface area contributed by atoms with Crippen molar-refractivity contribution in [2.75, 3.05) is 5.32 Å². The predicted molar refractivity (Wildman–Crippen MR) is 79.8 cm³/mol. The van der Waals surface area contributed by atoms with Crippen LogP contribution in [0, 0.1) is 6.92 Å². The molecule has 1 amide bonds. The molecule has 1 N–H and O–H groups in total. The van der Waals surface area contributed by atoms with E-state index in [-0.39, 0.29) is 5.91 Å². The van der Waals surface area contributed by atoms with E-state index in [4.69, 9.17) is 0 Å². The minimum Gasteiger partial charge on any atom is -0.324 e. The first-order valence-electron chi connectivity index (χ1n) is 7.04. The lowest BCUT2D eigenvalue weighted by atomic mass is 10.1. The summed E-state index contributed by atoms with van der Waals surface area (Å²) < 4.78 is 0. The van der Waals surface area contributed by atoms with Gasteiger partial charge < -0.3 is 5.32 Å². The van der Waals surface area contributed by atoms with Crippen LogP contribution < -0.4 is 5.32 Å². The van der Waals surface area contributed by atoms with Gasteiger partial charge in [-0.05, 0) is 43.4 Å². The van der Waals surface area contributed by atoms with E-state index < -0.39 is 0 Å². The Morgan fingerprint density at radius 3 is 3.05 bits per heavy atom. The molecule has 0 unspecified atom stereocenters. The van der Waals surface area contributed by atoms with E-state index in [9.17, 15) is 4.79 Å². The molecule has 0 fully saturated rings. The van der Waals surface area contributed by atoms with E-state index in [1.807, 2.05) is 31.2 Å². The molecule has 3 rings (SSSR count). The van der Waals surface area contributed by atoms with Gasteiger partial charge in [-0.3, -0.25) is 9.78 Å². The number of carbonyl (C=O) groups is 1. The molecule has 0 saturated heterocycles. The lowest BCUT2D eigenvalue weighted by molar-refractivity contribution is -0.115. The quantitative estimate of drug-likeness (QED) is 0.927. The summed E-state index contributed by atoms with van der Waals surface area (Å²) in [6.07, 6.45) is 5.47. The summed E-state index contributed by atoms with van der Waals surface area (Å²) in [5, 5.41) is 2.94. The number of benzene rings is 1. The average molecular weight is 266 g/mol. The molecule has 1 aliphatic carbocycles. The number of carbonyl (C=O) groups excluding carboxylic acids is 1. The van der Waals surface area contributed by atoms with Gasteiger partial charge in [-0.15, -0.1) is 0 Å². The van der Waals surface area contributed by atoms with Gasteiger partial charge in [-0.2, -0.15) is 0 Å². The Bertz CT molecular complexity index is 649. The predicted octanol–water partition coefficient (Wildman–Crippen LogP) is 3.06. The van der Waals surface area contributed by atoms with Gasteiger partial charge in [0.05, 0.1) is 18.3 Å². The lowest BCUT2D eigenvalue weighted by Gasteiger charge is -2.07. The van der Waals surface area contributed by atoms with Crippen molar-refractivity contribution in [3.63, 3.8) is 0 Å². The van der Waals surface area contributed by atoms with Gasteiger partial charge in [0.2, 0.25) is 5.91 Å². The Balaban J connectivity index is 1.67. The number of anilines is 1. The summed E-state index contributed by atoms with van der Waals surface area (Å²) in [5.74, 6) is 0.00958. The Labute approximate surface area is 119 Å². The van der Waals surface area contributed by atoms with Crippen LogP contribution in [0.2, 0.25) is 0 Å². The number of aromatic nitrogens is 1. The number of pyridine rings is 1. The minimum atomic E-state index is 0.00958. The second-order valence-corrected chi connectivity index (χ2v) is 5.40. The van der Waals surface area contributed by atoms with Crippen LogP contribution in [0.25, 0.3) is 0 Å². The second kappa shape index (κ2) is 5.45. The third-order valence-corrected chi connectivity index (χ3v) is 3.65. The number of aryl methyl sites for hydroxylation is 3. The van der Waals surface area contributed by atoms with Crippen molar-refractivity contribution in [3.8, 4) is 0 Å². The van der Waals surface area contributed by atoms with E-state index in [0.29, 0.717) is 6.42 Å². The van der Waals surface area contributed by atoms with E-state index >= 15 is 0 Å². The van der Waals surface area contributed by atoms with Gasteiger partial charge in [-0.25, -0.2) is 0 Å². The molecule has 0 atom stereocenters. The van der Waals surface area contributed by atoms with Crippen LogP contribution in [0.1, 0.15) is 28.8 Å². The molecule has 0 saturated carbocycles. The highest BCUT2D eigenvalue weighted by Gasteiger charge is 2.13. The fourth-order valence-corrected chi connectivity index (χ4v) is 2.71. The largest absolute Gasteiger partial charge is 0.324 e. The van der Waals surface area contributed by atoms with Gasteiger partial charge in [0.1, 0.15) is 0 Å². The highest BCUT2D eigenvalue weighted by molar-refractivity contribution is 5.92. The van der Waals surface area contributed by atoms with Crippen LogP contribution in [0.4, 0.5) is 5.69 Å². The number of nitrogens with one attached hydrogen (secondary N) is 1. The van der Waals surface area contributed by atoms with E-state index in [1.54, 1.807) is 6.20 Å². The zero-order valence-electron chi connectivity index (χ0n) is 11.6. The fraction of sp³-hybridized carbons (Fsp3) is 0.294. The van der Waals surface area contributed by atoms with Crippen LogP contribution in [-0.4, -0.2) is 10.9 Å². The van der Waals surface area contributed by atoms with E-state index in [2.05, 4.69) is 16.4 Å². The molecule has 1 aromatic carbocycles. The molecular weight excluding hydrogens is 248 g/mol. The highest BCUT2D eigenvalue weighted by atomic mass is 16.1. The maximum absolute atomic E-state index is 12.1. The van der Waals surface area contributed by atoms with Crippen LogP contribution in [0.15, 0.2) is 36.5 Å². The molecular formula is C17H18N2O. The summed E-state index contributed by atoms with van der Waals surface area (Å²) in [6, 6.07) is 10.1. The molecule has 1 aromatic heterocycles. The Hall–Kier alpha value is -2.16. The van der Waals surface area contributed by atoms with Gasteiger partial charge in [-0.1, -0.05) is 29.8 Å². The molecule has 1 heterocycles. The SMILES string of the molecule is Cc1cccc(CC(=O)Nc2cnc3c(c2)CCC3)c1. The van der Waals surface area contributed by atoms with Crippen molar-refractivity contribution < 1.29 is 4.79 Å². The lowest BCUT2D eigenvalue weighted by Crippen LogP contribution is -2.14. The Morgan fingerprint density at radius 1 is 1.30 bits per heavy atom. The van der Waals surface area contributed by atoms with Crippen molar-refractivity contribution >= 4 is 11.6 Å². The number of amides is 1. The number of rotatable bonds is 3. The van der Waals surface area contributed by atoms with Crippen molar-refractivity contribution in [2.24, 2.45) is 0 Å². The molecule has 0 spiro atoms. The van der Waals surface area contributed by atoms with Gasteiger partial charge in [0.15, 0.2) is 0 Å². The number of hydrogen-bond donors (Lipinski definition) is 1. The fourth-order valence-electron chi connectivity index (χ4n) is 2.71. The first kappa shape index (κ1) is 12.9. The monoisotopic (exact) mass is 266 g/mol. The molecule has 1 aliphatic rings. The molecule has 102 valence electrons. The topological polar surface area (TPSA) is 42.0 Å². The van der Waals surface area contributed by atoms with Crippen molar-refractivity contribution in [1.82, 2.24) is 4.98 Å². The first-order chi connectivity index (χ1) is 9.70. The first-order valence-corrected chi connectivity index (χ1v) is 7.04. The Morgan fingerprint density at radius 2 is 2.20 bits per heavy atom. The van der Waals surface area contributed by atoms with E-state index in [1.165, 1.54) is 23.2 Å². The number of hydrogen-bond acceptors (Lipinski definition) is 2. The number of fused-ring (bicyclic) bond motifs is 1. The van der Waals surface area contributed by atoms with Crippen molar-refractivity contribution in [2.45, 2.75) is 32.6 Å². The summed E-state index contributed by atoms with van der Waals surface area (Å²) >= 11 is 0. The zero-order chi connectivity index (χ0) is 13.9. The maximum Gasteiger partial charge on any atom is 0.228 e. The molecule has 2 aromatic rings. The van der Waals surface area contributed by atoms with Gasteiger partial charge in [0.25, 0.3) is 0 Å². The van der Waals surface area contributed by atoms with Crippen LogP contribution >= 0.6 is 0 Å². The van der Waals surface area contributed by atoms with Gasteiger partial charge in [0, 0.05) is 5.69 Å². The minimum absolute atomic E-state index is 0.00958. The van der Waals surface area contributed by atoms with Crippen molar-refractivity contribution in [1.29, 1.82) is 0 Å².